The zero-order valence-corrected chi connectivity index (χ0v) is 12.3. The summed E-state index contributed by atoms with van der Waals surface area (Å²) in [5.74, 6) is -1.46. The summed E-state index contributed by atoms with van der Waals surface area (Å²) in [5, 5.41) is 9.33. The lowest BCUT2D eigenvalue weighted by atomic mass is 9.99. The van der Waals surface area contributed by atoms with E-state index < -0.39 is 23.4 Å². The molecule has 20 heavy (non-hydrogen) atoms. The zero-order valence-electron chi connectivity index (χ0n) is 12.3. The molecule has 1 atom stereocenters. The topological polar surface area (TPSA) is 104 Å². The fraction of sp³-hybridized carbons (Fsp3) is 0.769. The minimum absolute atomic E-state index is 0.164. The Morgan fingerprint density at radius 1 is 1.40 bits per heavy atom. The normalized spacial score (nSPS) is 22.1. The predicted octanol–water partition coefficient (Wildman–Crippen LogP) is 0.489. The number of carbonyl (C=O) groups excluding carboxylic acids is 2. The van der Waals surface area contributed by atoms with E-state index >= 15 is 0 Å². The van der Waals surface area contributed by atoms with Crippen LogP contribution in [0.5, 0.6) is 0 Å². The van der Waals surface area contributed by atoms with E-state index in [-0.39, 0.29) is 12.5 Å². The molecular formula is C13H23N3O4. The number of aliphatic carboxylic acids is 1. The summed E-state index contributed by atoms with van der Waals surface area (Å²) in [4.78, 5) is 37.7. The van der Waals surface area contributed by atoms with Crippen LogP contribution in [0.2, 0.25) is 0 Å². The molecule has 3 N–H and O–H groups in total. The summed E-state index contributed by atoms with van der Waals surface area (Å²) >= 11 is 0. The van der Waals surface area contributed by atoms with Gasteiger partial charge in [-0.25, -0.2) is 9.59 Å². The molecule has 0 aromatic carbocycles. The lowest BCUT2D eigenvalue weighted by Gasteiger charge is -2.36. The van der Waals surface area contributed by atoms with E-state index in [0.29, 0.717) is 25.9 Å². The summed E-state index contributed by atoms with van der Waals surface area (Å²) in [6.45, 7) is 5.94. The van der Waals surface area contributed by atoms with Crippen molar-refractivity contribution in [2.75, 3.05) is 19.6 Å². The third-order valence-electron chi connectivity index (χ3n) is 3.54. The van der Waals surface area contributed by atoms with E-state index in [4.69, 9.17) is 5.73 Å². The van der Waals surface area contributed by atoms with Gasteiger partial charge in [-0.3, -0.25) is 4.79 Å². The van der Waals surface area contributed by atoms with Gasteiger partial charge in [0.25, 0.3) is 0 Å². The Labute approximate surface area is 118 Å². The lowest BCUT2D eigenvalue weighted by molar-refractivity contribution is -0.147. The molecule has 1 rings (SSSR count). The van der Waals surface area contributed by atoms with E-state index in [9.17, 15) is 19.5 Å². The number of hydrogen-bond donors (Lipinski definition) is 2. The van der Waals surface area contributed by atoms with Crippen molar-refractivity contribution in [2.45, 2.75) is 39.2 Å². The van der Waals surface area contributed by atoms with Crippen LogP contribution in [0.3, 0.4) is 0 Å². The predicted molar refractivity (Wildman–Crippen MR) is 73.0 cm³/mol. The standard InChI is InChI=1S/C13H23N3O4/c1-9(2)7-15(8-10(14)17)12(20)16-6-4-5-13(16,3)11(18)19/h9H,4-8H2,1-3H3,(H2,14,17)(H,18,19). The monoisotopic (exact) mass is 285 g/mol. The molecule has 114 valence electrons. The molecular weight excluding hydrogens is 262 g/mol. The number of carboxylic acids is 1. The summed E-state index contributed by atoms with van der Waals surface area (Å²) in [6, 6.07) is -0.431. The summed E-state index contributed by atoms with van der Waals surface area (Å²) in [6.07, 6.45) is 1.06. The molecule has 0 spiro atoms. The van der Waals surface area contributed by atoms with Crippen molar-refractivity contribution in [3.05, 3.63) is 0 Å². The Morgan fingerprint density at radius 2 is 2.00 bits per heavy atom. The molecule has 1 aliphatic rings. The molecule has 0 aliphatic carbocycles. The van der Waals surface area contributed by atoms with Gasteiger partial charge in [0.15, 0.2) is 0 Å². The molecule has 0 radical (unpaired) electrons. The second-order valence-corrected chi connectivity index (χ2v) is 5.86. The number of urea groups is 1. The van der Waals surface area contributed by atoms with Crippen molar-refractivity contribution in [1.29, 1.82) is 0 Å². The molecule has 1 heterocycles. The van der Waals surface area contributed by atoms with Crippen LogP contribution in [0.15, 0.2) is 0 Å². The highest BCUT2D eigenvalue weighted by Gasteiger charge is 2.47. The second kappa shape index (κ2) is 6.11. The Kier molecular flexibility index (Phi) is 4.97. The van der Waals surface area contributed by atoms with E-state index in [1.165, 1.54) is 16.7 Å². The van der Waals surface area contributed by atoms with Crippen molar-refractivity contribution in [1.82, 2.24) is 9.80 Å². The third kappa shape index (κ3) is 3.40. The summed E-state index contributed by atoms with van der Waals surface area (Å²) in [7, 11) is 0. The number of nitrogens with two attached hydrogens (primary N) is 1. The highest BCUT2D eigenvalue weighted by molar-refractivity contribution is 5.88. The van der Waals surface area contributed by atoms with Gasteiger partial charge in [-0.05, 0) is 25.7 Å². The van der Waals surface area contributed by atoms with Gasteiger partial charge in [0.05, 0.1) is 0 Å². The Bertz CT molecular complexity index is 410. The first kappa shape index (κ1) is 16.3. The number of nitrogens with zero attached hydrogens (tertiary/aromatic N) is 2. The highest BCUT2D eigenvalue weighted by Crippen LogP contribution is 2.30. The average Bonchev–Trinajstić information content (AvgIpc) is 2.69. The van der Waals surface area contributed by atoms with Crippen molar-refractivity contribution in [3.8, 4) is 0 Å². The largest absolute Gasteiger partial charge is 0.480 e. The minimum atomic E-state index is -1.20. The molecule has 1 fully saturated rings. The molecule has 1 aliphatic heterocycles. The van der Waals surface area contributed by atoms with Crippen LogP contribution >= 0.6 is 0 Å². The number of hydrogen-bond acceptors (Lipinski definition) is 3. The van der Waals surface area contributed by atoms with Crippen LogP contribution in [0, 0.1) is 5.92 Å². The Morgan fingerprint density at radius 3 is 2.45 bits per heavy atom. The molecule has 1 saturated heterocycles. The molecule has 0 saturated carbocycles. The van der Waals surface area contributed by atoms with Gasteiger partial charge in [0.2, 0.25) is 5.91 Å². The molecule has 3 amide bonds. The first-order chi connectivity index (χ1) is 9.18. The van der Waals surface area contributed by atoms with Gasteiger partial charge in [0, 0.05) is 13.1 Å². The number of carbonyl (C=O) groups is 3. The fourth-order valence-electron chi connectivity index (χ4n) is 2.50. The van der Waals surface area contributed by atoms with Crippen LogP contribution in [-0.2, 0) is 9.59 Å². The molecule has 7 nitrogen and oxygen atoms in total. The molecule has 0 aromatic rings. The van der Waals surface area contributed by atoms with E-state index in [1.54, 1.807) is 0 Å². The van der Waals surface area contributed by atoms with Crippen molar-refractivity contribution in [3.63, 3.8) is 0 Å². The summed E-state index contributed by atoms with van der Waals surface area (Å²) < 4.78 is 0. The van der Waals surface area contributed by atoms with Crippen molar-refractivity contribution >= 4 is 17.9 Å². The quantitative estimate of drug-likeness (QED) is 0.767. The fourth-order valence-corrected chi connectivity index (χ4v) is 2.50. The molecule has 0 aromatic heterocycles. The third-order valence-corrected chi connectivity index (χ3v) is 3.54. The smallest absolute Gasteiger partial charge is 0.329 e. The SMILES string of the molecule is CC(C)CN(CC(N)=O)C(=O)N1CCCC1(C)C(=O)O. The number of carboxylic acid groups (broad SMARTS) is 1. The number of likely N-dealkylation sites (tertiary alicyclic amines) is 1. The van der Waals surface area contributed by atoms with Gasteiger partial charge in [0.1, 0.15) is 12.1 Å². The maximum absolute atomic E-state index is 12.5. The van der Waals surface area contributed by atoms with E-state index in [2.05, 4.69) is 0 Å². The van der Waals surface area contributed by atoms with Gasteiger partial charge < -0.3 is 20.6 Å². The first-order valence-electron chi connectivity index (χ1n) is 6.76. The van der Waals surface area contributed by atoms with Gasteiger partial charge in [-0.2, -0.15) is 0 Å². The van der Waals surface area contributed by atoms with Gasteiger partial charge in [-0.1, -0.05) is 13.8 Å². The molecule has 1 unspecified atom stereocenters. The maximum Gasteiger partial charge on any atom is 0.329 e. The Balaban J connectivity index is 2.93. The number of primary amides is 1. The van der Waals surface area contributed by atoms with Crippen LogP contribution in [0.4, 0.5) is 4.79 Å². The Hall–Kier alpha value is -1.79. The summed E-state index contributed by atoms with van der Waals surface area (Å²) in [5.41, 5.74) is 3.96. The van der Waals surface area contributed by atoms with Gasteiger partial charge in [-0.15, -0.1) is 0 Å². The minimum Gasteiger partial charge on any atom is -0.480 e. The average molecular weight is 285 g/mol. The van der Waals surface area contributed by atoms with Crippen LogP contribution < -0.4 is 5.73 Å². The van der Waals surface area contributed by atoms with Crippen LogP contribution in [0.25, 0.3) is 0 Å². The van der Waals surface area contributed by atoms with Crippen LogP contribution in [0.1, 0.15) is 33.6 Å². The molecule has 0 bridgehead atoms. The lowest BCUT2D eigenvalue weighted by Crippen LogP contribution is -2.56. The maximum atomic E-state index is 12.5. The zero-order chi connectivity index (χ0) is 15.5. The van der Waals surface area contributed by atoms with E-state index in [1.807, 2.05) is 13.8 Å². The van der Waals surface area contributed by atoms with Gasteiger partial charge >= 0.3 is 12.0 Å². The number of amides is 3. The first-order valence-corrected chi connectivity index (χ1v) is 6.76. The van der Waals surface area contributed by atoms with Crippen LogP contribution in [-0.4, -0.2) is 58.0 Å². The number of rotatable bonds is 5. The highest BCUT2D eigenvalue weighted by atomic mass is 16.4. The molecule has 7 heteroatoms. The van der Waals surface area contributed by atoms with Crippen molar-refractivity contribution in [2.24, 2.45) is 11.7 Å². The van der Waals surface area contributed by atoms with E-state index in [0.717, 1.165) is 0 Å². The second-order valence-electron chi connectivity index (χ2n) is 5.86. The van der Waals surface area contributed by atoms with Crippen molar-refractivity contribution < 1.29 is 19.5 Å².